The highest BCUT2D eigenvalue weighted by atomic mass is 16.5. The zero-order valence-electron chi connectivity index (χ0n) is 15.1. The molecule has 5 nitrogen and oxygen atoms in total. The first-order valence-electron chi connectivity index (χ1n) is 9.13. The zero-order chi connectivity index (χ0) is 18.0. The molecule has 1 heterocycles. The van der Waals surface area contributed by atoms with Crippen LogP contribution in [-0.4, -0.2) is 26.2 Å². The molecule has 2 aromatic carbocycles. The summed E-state index contributed by atoms with van der Waals surface area (Å²) in [6.45, 7) is 1.39. The fourth-order valence-corrected chi connectivity index (χ4v) is 3.59. The third-order valence-corrected chi connectivity index (χ3v) is 5.37. The van der Waals surface area contributed by atoms with Gasteiger partial charge in [0.2, 0.25) is 0 Å². The van der Waals surface area contributed by atoms with E-state index in [0.717, 1.165) is 36.3 Å². The van der Waals surface area contributed by atoms with Crippen molar-refractivity contribution in [3.63, 3.8) is 0 Å². The quantitative estimate of drug-likeness (QED) is 0.641. The Morgan fingerprint density at radius 1 is 1.27 bits per heavy atom. The lowest BCUT2D eigenvalue weighted by molar-refractivity contribution is 0.262. The predicted octanol–water partition coefficient (Wildman–Crippen LogP) is 3.15. The summed E-state index contributed by atoms with van der Waals surface area (Å²) in [6, 6.07) is 16.5. The average Bonchev–Trinajstić information content (AvgIpc) is 3.48. The second kappa shape index (κ2) is 6.90. The first-order valence-corrected chi connectivity index (χ1v) is 9.13. The summed E-state index contributed by atoms with van der Waals surface area (Å²) < 4.78 is 11.1. The van der Waals surface area contributed by atoms with Gasteiger partial charge >= 0.3 is 0 Å². The van der Waals surface area contributed by atoms with Gasteiger partial charge in [0.05, 0.1) is 26.3 Å². The first kappa shape index (κ1) is 16.8. The van der Waals surface area contributed by atoms with Gasteiger partial charge < -0.3 is 20.5 Å². The lowest BCUT2D eigenvalue weighted by atomic mass is 9.96. The highest BCUT2D eigenvalue weighted by Gasteiger charge is 2.44. The van der Waals surface area contributed by atoms with Crippen molar-refractivity contribution in [2.45, 2.75) is 30.7 Å². The van der Waals surface area contributed by atoms with E-state index in [0.29, 0.717) is 19.1 Å². The van der Waals surface area contributed by atoms with E-state index < -0.39 is 0 Å². The van der Waals surface area contributed by atoms with Crippen molar-refractivity contribution in [2.75, 3.05) is 20.3 Å². The number of ether oxygens (including phenoxy) is 2. The van der Waals surface area contributed by atoms with Crippen LogP contribution in [0.4, 0.5) is 0 Å². The van der Waals surface area contributed by atoms with Crippen LogP contribution in [0.3, 0.4) is 0 Å². The van der Waals surface area contributed by atoms with Crippen molar-refractivity contribution in [3.8, 4) is 11.5 Å². The van der Waals surface area contributed by atoms with Crippen LogP contribution in [0.2, 0.25) is 0 Å². The number of guanidine groups is 1. The molecule has 0 bridgehead atoms. The number of fused-ring (bicyclic) bond motifs is 1. The van der Waals surface area contributed by atoms with E-state index in [9.17, 15) is 0 Å². The van der Waals surface area contributed by atoms with Gasteiger partial charge in [0, 0.05) is 17.4 Å². The Morgan fingerprint density at radius 3 is 2.92 bits per heavy atom. The topological polar surface area (TPSA) is 68.9 Å². The SMILES string of the molecule is COc1cccc(C2(CN=C(N)NC3CCOc4ccccc43)CC2)c1. The number of rotatable bonds is 5. The molecule has 0 radical (unpaired) electrons. The maximum Gasteiger partial charge on any atom is 0.189 e. The predicted molar refractivity (Wildman–Crippen MR) is 103 cm³/mol. The minimum Gasteiger partial charge on any atom is -0.497 e. The molecule has 1 unspecified atom stereocenters. The van der Waals surface area contributed by atoms with Crippen molar-refractivity contribution in [1.29, 1.82) is 0 Å². The fraction of sp³-hybridized carbons (Fsp3) is 0.381. The average molecular weight is 351 g/mol. The molecule has 1 aliphatic heterocycles. The smallest absolute Gasteiger partial charge is 0.189 e. The Kier molecular flexibility index (Phi) is 4.45. The molecule has 1 atom stereocenters. The van der Waals surface area contributed by atoms with Crippen LogP contribution >= 0.6 is 0 Å². The molecule has 5 heteroatoms. The van der Waals surface area contributed by atoms with E-state index in [1.807, 2.05) is 30.3 Å². The van der Waals surface area contributed by atoms with Crippen molar-refractivity contribution < 1.29 is 9.47 Å². The van der Waals surface area contributed by atoms with Crippen LogP contribution in [0, 0.1) is 0 Å². The van der Waals surface area contributed by atoms with Gasteiger partial charge in [0.25, 0.3) is 0 Å². The fourth-order valence-electron chi connectivity index (χ4n) is 3.59. The van der Waals surface area contributed by atoms with Gasteiger partial charge in [-0.25, -0.2) is 0 Å². The largest absolute Gasteiger partial charge is 0.497 e. The van der Waals surface area contributed by atoms with Gasteiger partial charge in [-0.2, -0.15) is 0 Å². The standard InChI is InChI=1S/C21H25N3O2/c1-25-16-6-4-5-15(13-16)21(10-11-21)14-23-20(22)24-18-9-12-26-19-8-3-2-7-17(18)19/h2-8,13,18H,9-12,14H2,1H3,(H3,22,23,24). The molecule has 26 heavy (non-hydrogen) atoms. The summed E-state index contributed by atoms with van der Waals surface area (Å²) in [4.78, 5) is 4.66. The van der Waals surface area contributed by atoms with Gasteiger partial charge in [-0.05, 0) is 36.6 Å². The van der Waals surface area contributed by atoms with Gasteiger partial charge in [-0.3, -0.25) is 4.99 Å². The molecule has 1 aliphatic carbocycles. The number of nitrogens with one attached hydrogen (secondary N) is 1. The molecule has 3 N–H and O–H groups in total. The van der Waals surface area contributed by atoms with Gasteiger partial charge in [0.15, 0.2) is 5.96 Å². The summed E-state index contributed by atoms with van der Waals surface area (Å²) in [5.41, 5.74) is 8.74. The van der Waals surface area contributed by atoms with E-state index in [1.165, 1.54) is 5.56 Å². The summed E-state index contributed by atoms with van der Waals surface area (Å²) in [7, 11) is 1.70. The Hall–Kier alpha value is -2.69. The summed E-state index contributed by atoms with van der Waals surface area (Å²) in [5.74, 6) is 2.32. The number of hydrogen-bond acceptors (Lipinski definition) is 3. The minimum absolute atomic E-state index is 0.106. The first-order chi connectivity index (χ1) is 12.7. The van der Waals surface area contributed by atoms with Crippen molar-refractivity contribution in [2.24, 2.45) is 10.7 Å². The van der Waals surface area contributed by atoms with E-state index in [1.54, 1.807) is 7.11 Å². The highest BCUT2D eigenvalue weighted by molar-refractivity contribution is 5.78. The number of aliphatic imine (C=N–C) groups is 1. The Morgan fingerprint density at radius 2 is 2.12 bits per heavy atom. The molecule has 0 saturated heterocycles. The van der Waals surface area contributed by atoms with Crippen LogP contribution in [-0.2, 0) is 5.41 Å². The van der Waals surface area contributed by atoms with Crippen LogP contribution in [0.25, 0.3) is 0 Å². The van der Waals surface area contributed by atoms with E-state index in [2.05, 4.69) is 28.5 Å². The lowest BCUT2D eigenvalue weighted by Gasteiger charge is -2.27. The molecular formula is C21H25N3O2. The molecular weight excluding hydrogens is 326 g/mol. The van der Waals surface area contributed by atoms with E-state index in [-0.39, 0.29) is 11.5 Å². The van der Waals surface area contributed by atoms with E-state index >= 15 is 0 Å². The maximum atomic E-state index is 6.20. The molecule has 0 aromatic heterocycles. The van der Waals surface area contributed by atoms with E-state index in [4.69, 9.17) is 15.2 Å². The number of nitrogens with zero attached hydrogens (tertiary/aromatic N) is 1. The van der Waals surface area contributed by atoms with Gasteiger partial charge in [-0.1, -0.05) is 30.3 Å². The van der Waals surface area contributed by atoms with Crippen LogP contribution in [0.1, 0.15) is 36.4 Å². The molecule has 2 aliphatic rings. The Labute approximate surface area is 154 Å². The highest BCUT2D eigenvalue weighted by Crippen LogP contribution is 2.49. The normalized spacial score (nSPS) is 20.7. The van der Waals surface area contributed by atoms with Crippen molar-refractivity contribution in [3.05, 3.63) is 59.7 Å². The molecule has 0 spiro atoms. The summed E-state index contributed by atoms with van der Waals surface area (Å²) >= 11 is 0. The molecule has 136 valence electrons. The lowest BCUT2D eigenvalue weighted by Crippen LogP contribution is -2.37. The Bertz CT molecular complexity index is 814. The molecule has 1 fully saturated rings. The number of nitrogens with two attached hydrogens (primary N) is 1. The van der Waals surface area contributed by atoms with Crippen LogP contribution < -0.4 is 20.5 Å². The molecule has 0 amide bonds. The third-order valence-electron chi connectivity index (χ3n) is 5.37. The molecule has 1 saturated carbocycles. The number of hydrogen-bond donors (Lipinski definition) is 2. The minimum atomic E-state index is 0.106. The number of para-hydroxylation sites is 1. The molecule has 2 aromatic rings. The van der Waals surface area contributed by atoms with Crippen molar-refractivity contribution >= 4 is 5.96 Å². The Balaban J connectivity index is 1.44. The van der Waals surface area contributed by atoms with Crippen LogP contribution in [0.15, 0.2) is 53.5 Å². The van der Waals surface area contributed by atoms with Gasteiger partial charge in [0.1, 0.15) is 11.5 Å². The second-order valence-corrected chi connectivity index (χ2v) is 7.09. The number of methoxy groups -OCH3 is 1. The molecule has 4 rings (SSSR count). The second-order valence-electron chi connectivity index (χ2n) is 7.09. The summed E-state index contributed by atoms with van der Waals surface area (Å²) in [5, 5.41) is 3.37. The summed E-state index contributed by atoms with van der Waals surface area (Å²) in [6.07, 6.45) is 3.16. The van der Waals surface area contributed by atoms with Crippen LogP contribution in [0.5, 0.6) is 11.5 Å². The monoisotopic (exact) mass is 351 g/mol. The van der Waals surface area contributed by atoms with Crippen molar-refractivity contribution in [1.82, 2.24) is 5.32 Å². The maximum absolute atomic E-state index is 6.20. The van der Waals surface area contributed by atoms with Gasteiger partial charge in [-0.15, -0.1) is 0 Å². The number of benzene rings is 2. The zero-order valence-corrected chi connectivity index (χ0v) is 15.1. The third kappa shape index (κ3) is 3.34.